The van der Waals surface area contributed by atoms with E-state index in [-0.39, 0.29) is 24.5 Å². The van der Waals surface area contributed by atoms with Crippen molar-refractivity contribution in [2.75, 3.05) is 39.2 Å². The number of carbonyl (C=O) groups excluding carboxylic acids is 4. The van der Waals surface area contributed by atoms with Crippen LogP contribution in [0.5, 0.6) is 0 Å². The van der Waals surface area contributed by atoms with E-state index in [4.69, 9.17) is 4.74 Å². The molecule has 2 aromatic rings. The summed E-state index contributed by atoms with van der Waals surface area (Å²) in [4.78, 5) is 65.7. The molecule has 2 atom stereocenters. The molecule has 4 heterocycles. The van der Waals surface area contributed by atoms with Crippen LogP contribution >= 0.6 is 11.3 Å². The standard InChI is InChI=1S/C22H22F3N7O5S/c1-11-4-12(5-26-17(11)22(23,24)25)19-29-14(9-38-19)28-15(34)7-31-10-27-18-16(31)20(35)32(21(36)30(18)2)6-13(33)8-37-3/h4-5,9-10,16,18H,6-8H2,1-3H3,(H,28,34). The van der Waals surface area contributed by atoms with Crippen molar-refractivity contribution in [1.82, 2.24) is 24.7 Å². The number of nitrogens with one attached hydrogen (secondary N) is 1. The third kappa shape index (κ3) is 5.35. The summed E-state index contributed by atoms with van der Waals surface area (Å²) in [6.45, 7) is 0.243. The number of hydrogen-bond acceptors (Lipinski definition) is 10. The predicted molar refractivity (Wildman–Crippen MR) is 128 cm³/mol. The van der Waals surface area contributed by atoms with Crippen LogP contribution in [0.4, 0.5) is 23.8 Å². The van der Waals surface area contributed by atoms with E-state index in [1.54, 1.807) is 0 Å². The molecule has 12 nitrogen and oxygen atoms in total. The molecule has 2 aliphatic rings. The minimum Gasteiger partial charge on any atom is -0.377 e. The van der Waals surface area contributed by atoms with E-state index >= 15 is 0 Å². The van der Waals surface area contributed by atoms with E-state index in [1.165, 1.54) is 48.7 Å². The van der Waals surface area contributed by atoms with E-state index in [0.29, 0.717) is 10.6 Å². The van der Waals surface area contributed by atoms with Crippen LogP contribution < -0.4 is 5.32 Å². The van der Waals surface area contributed by atoms with Crippen molar-refractivity contribution in [3.05, 3.63) is 28.9 Å². The molecule has 16 heteroatoms. The number of anilines is 1. The lowest BCUT2D eigenvalue weighted by Gasteiger charge is -2.40. The van der Waals surface area contributed by atoms with Gasteiger partial charge in [-0.1, -0.05) is 0 Å². The van der Waals surface area contributed by atoms with Gasteiger partial charge in [0, 0.05) is 31.3 Å². The van der Waals surface area contributed by atoms with Crippen LogP contribution in [0, 0.1) is 6.92 Å². The Kier molecular flexibility index (Phi) is 7.46. The molecule has 0 aromatic carbocycles. The number of nitrogens with zero attached hydrogens (tertiary/aromatic N) is 6. The predicted octanol–water partition coefficient (Wildman–Crippen LogP) is 1.62. The van der Waals surface area contributed by atoms with Gasteiger partial charge in [-0.3, -0.25) is 24.3 Å². The third-order valence-electron chi connectivity index (χ3n) is 5.79. The number of urea groups is 1. The van der Waals surface area contributed by atoms with Gasteiger partial charge >= 0.3 is 12.2 Å². The summed E-state index contributed by atoms with van der Waals surface area (Å²) >= 11 is 1.10. The fraction of sp³-hybridized carbons (Fsp3) is 0.409. The number of pyridine rings is 1. The summed E-state index contributed by atoms with van der Waals surface area (Å²) in [7, 11) is 2.76. The second-order valence-corrected chi connectivity index (χ2v) is 9.42. The Hall–Kier alpha value is -3.92. The number of likely N-dealkylation sites (N-methyl/N-ethyl adjacent to an activating group) is 1. The fourth-order valence-electron chi connectivity index (χ4n) is 4.09. The molecule has 0 spiro atoms. The molecule has 4 amide bonds. The highest BCUT2D eigenvalue weighted by Crippen LogP contribution is 2.33. The number of methoxy groups -OCH3 is 1. The van der Waals surface area contributed by atoms with Gasteiger partial charge in [0.25, 0.3) is 5.91 Å². The summed E-state index contributed by atoms with van der Waals surface area (Å²) < 4.78 is 43.7. The average Bonchev–Trinajstić information content (AvgIpc) is 3.47. The van der Waals surface area contributed by atoms with Crippen molar-refractivity contribution < 1.29 is 37.1 Å². The van der Waals surface area contributed by atoms with E-state index in [9.17, 15) is 32.3 Å². The van der Waals surface area contributed by atoms with E-state index in [2.05, 4.69) is 20.3 Å². The molecule has 1 saturated heterocycles. The Bertz CT molecular complexity index is 1310. The van der Waals surface area contributed by atoms with E-state index in [1.807, 2.05) is 0 Å². The van der Waals surface area contributed by atoms with Crippen molar-refractivity contribution in [2.45, 2.75) is 25.3 Å². The SMILES string of the molecule is COCC(=O)CN1C(=O)C2C(N=CN2CC(=O)Nc2csc(-c3cnc(C(F)(F)F)c(C)c3)n2)N(C)C1=O. The number of amides is 4. The molecular weight excluding hydrogens is 531 g/mol. The van der Waals surface area contributed by atoms with Crippen molar-refractivity contribution in [1.29, 1.82) is 0 Å². The Morgan fingerprint density at radius 1 is 1.24 bits per heavy atom. The number of ketones is 1. The van der Waals surface area contributed by atoms with Gasteiger partial charge in [-0.2, -0.15) is 13.2 Å². The number of ether oxygens (including phenoxy) is 1. The molecule has 0 radical (unpaired) electrons. The van der Waals surface area contributed by atoms with Crippen LogP contribution in [-0.4, -0.2) is 101 Å². The maximum absolute atomic E-state index is 13.1. The molecule has 2 unspecified atom stereocenters. The number of aryl methyl sites for hydroxylation is 1. The average molecular weight is 554 g/mol. The van der Waals surface area contributed by atoms with Crippen LogP contribution in [0.2, 0.25) is 0 Å². The first kappa shape index (κ1) is 27.1. The maximum atomic E-state index is 13.1. The molecular formula is C22H22F3N7O5S. The lowest BCUT2D eigenvalue weighted by molar-refractivity contribution is -0.142. The number of hydrogen-bond donors (Lipinski definition) is 1. The van der Waals surface area contributed by atoms with Gasteiger partial charge in [-0.05, 0) is 18.6 Å². The second kappa shape index (κ2) is 10.4. The molecule has 202 valence electrons. The highest BCUT2D eigenvalue weighted by molar-refractivity contribution is 7.13. The van der Waals surface area contributed by atoms with Gasteiger partial charge in [0.05, 0.1) is 19.4 Å². The molecule has 0 aliphatic carbocycles. The number of fused-ring (bicyclic) bond motifs is 1. The van der Waals surface area contributed by atoms with Crippen molar-refractivity contribution in [3.63, 3.8) is 0 Å². The Morgan fingerprint density at radius 3 is 2.63 bits per heavy atom. The summed E-state index contributed by atoms with van der Waals surface area (Å²) in [5.41, 5.74) is -0.681. The first-order valence-electron chi connectivity index (χ1n) is 11.1. The van der Waals surface area contributed by atoms with Crippen LogP contribution in [0.1, 0.15) is 11.3 Å². The summed E-state index contributed by atoms with van der Waals surface area (Å²) in [5, 5.41) is 4.45. The number of imide groups is 1. The smallest absolute Gasteiger partial charge is 0.377 e. The zero-order chi connectivity index (χ0) is 27.8. The van der Waals surface area contributed by atoms with Crippen LogP contribution in [0.3, 0.4) is 0 Å². The number of halogens is 3. The van der Waals surface area contributed by atoms with Gasteiger partial charge in [0.15, 0.2) is 18.0 Å². The Labute approximate surface area is 218 Å². The van der Waals surface area contributed by atoms with Crippen LogP contribution in [0.15, 0.2) is 22.6 Å². The lowest BCUT2D eigenvalue weighted by Crippen LogP contribution is -2.65. The van der Waals surface area contributed by atoms with Crippen LogP contribution in [-0.2, 0) is 25.3 Å². The lowest BCUT2D eigenvalue weighted by atomic mass is 10.1. The first-order chi connectivity index (χ1) is 17.9. The monoisotopic (exact) mass is 553 g/mol. The number of Topliss-reactive ketones (excluding diaryl/α,β-unsaturated/α-hetero) is 1. The fourth-order valence-corrected chi connectivity index (χ4v) is 4.82. The summed E-state index contributed by atoms with van der Waals surface area (Å²) in [6.07, 6.45) is -3.07. The Morgan fingerprint density at radius 2 is 1.97 bits per heavy atom. The van der Waals surface area contributed by atoms with Crippen molar-refractivity contribution in [3.8, 4) is 10.6 Å². The molecule has 0 saturated carbocycles. The number of alkyl halides is 3. The van der Waals surface area contributed by atoms with Gasteiger partial charge in [-0.25, -0.2) is 14.8 Å². The number of rotatable bonds is 8. The minimum atomic E-state index is -4.57. The highest BCUT2D eigenvalue weighted by Gasteiger charge is 2.50. The zero-order valence-electron chi connectivity index (χ0n) is 20.4. The molecule has 1 N–H and O–H groups in total. The molecule has 2 aliphatic heterocycles. The topological polar surface area (TPSA) is 137 Å². The van der Waals surface area contributed by atoms with E-state index in [0.717, 1.165) is 22.4 Å². The van der Waals surface area contributed by atoms with Gasteiger partial charge in [0.2, 0.25) is 5.91 Å². The van der Waals surface area contributed by atoms with Crippen molar-refractivity contribution in [2.24, 2.45) is 4.99 Å². The molecule has 38 heavy (non-hydrogen) atoms. The largest absolute Gasteiger partial charge is 0.433 e. The molecule has 1 fully saturated rings. The zero-order valence-corrected chi connectivity index (χ0v) is 21.2. The highest BCUT2D eigenvalue weighted by atomic mass is 32.1. The van der Waals surface area contributed by atoms with Crippen molar-refractivity contribution >= 4 is 47.1 Å². The number of aliphatic imine (C=N–C) groups is 1. The number of aromatic nitrogens is 2. The van der Waals surface area contributed by atoms with Crippen LogP contribution in [0.25, 0.3) is 10.6 Å². The second-order valence-electron chi connectivity index (χ2n) is 8.56. The minimum absolute atomic E-state index is 0.0581. The quantitative estimate of drug-likeness (QED) is 0.521. The third-order valence-corrected chi connectivity index (χ3v) is 6.68. The van der Waals surface area contributed by atoms with E-state index < -0.39 is 54.3 Å². The molecule has 2 aromatic heterocycles. The first-order valence-corrected chi connectivity index (χ1v) is 12.0. The summed E-state index contributed by atoms with van der Waals surface area (Å²) in [6, 6.07) is -0.380. The Balaban J connectivity index is 1.42. The van der Waals surface area contributed by atoms with Gasteiger partial charge in [-0.15, -0.1) is 11.3 Å². The number of thiazole rings is 1. The normalized spacial score (nSPS) is 19.3. The molecule has 4 rings (SSSR count). The van der Waals surface area contributed by atoms with Gasteiger partial charge < -0.3 is 19.9 Å². The number of carbonyl (C=O) groups is 4. The van der Waals surface area contributed by atoms with Gasteiger partial charge in [0.1, 0.15) is 23.1 Å². The maximum Gasteiger partial charge on any atom is 0.433 e. The summed E-state index contributed by atoms with van der Waals surface area (Å²) in [5.74, 6) is -1.53. The molecule has 0 bridgehead atoms.